The number of hydrogen-bond donors (Lipinski definition) is 0. The molecule has 0 saturated carbocycles. The first-order chi connectivity index (χ1) is 11.3. The van der Waals surface area contributed by atoms with Crippen molar-refractivity contribution >= 4 is 21.8 Å². The summed E-state index contributed by atoms with van der Waals surface area (Å²) in [5.41, 5.74) is 0.507. The zero-order valence-electron chi connectivity index (χ0n) is 13.3. The number of hydrogen-bond acceptors (Lipinski definition) is 5. The number of Topliss-reactive ketones (excluding diaryl/α,β-unsaturated/α-hetero) is 1. The van der Waals surface area contributed by atoms with Gasteiger partial charge in [0.05, 0.1) is 10.5 Å². The van der Waals surface area contributed by atoms with Gasteiger partial charge in [-0.05, 0) is 18.2 Å². The van der Waals surface area contributed by atoms with Gasteiger partial charge < -0.3 is 4.74 Å². The zero-order valence-corrected chi connectivity index (χ0v) is 14.1. The average Bonchev–Trinajstić information content (AvgIpc) is 2.60. The minimum atomic E-state index is -3.65. The molecule has 0 heterocycles. The van der Waals surface area contributed by atoms with Crippen molar-refractivity contribution in [3.8, 4) is 0 Å². The molecule has 0 N–H and O–H groups in total. The third kappa shape index (κ3) is 4.06. The molecule has 24 heavy (non-hydrogen) atoms. The normalized spacial score (nSPS) is 11.3. The number of carbonyl (C=O) groups is 2. The number of ketones is 1. The van der Waals surface area contributed by atoms with E-state index in [1.807, 2.05) is 0 Å². The van der Waals surface area contributed by atoms with Gasteiger partial charge in [-0.15, -0.1) is 0 Å². The maximum absolute atomic E-state index is 12.1. The van der Waals surface area contributed by atoms with E-state index in [9.17, 15) is 18.0 Å². The topological polar surface area (TPSA) is 80.8 Å². The Morgan fingerprint density at radius 1 is 0.958 bits per heavy atom. The van der Waals surface area contributed by atoms with Crippen molar-refractivity contribution < 1.29 is 22.7 Å². The highest BCUT2D eigenvalue weighted by Crippen LogP contribution is 2.15. The van der Waals surface area contributed by atoms with Crippen LogP contribution in [-0.2, 0) is 14.8 Å². The van der Waals surface area contributed by atoms with Crippen LogP contribution in [0.15, 0.2) is 59.5 Å². The molecule has 0 spiro atoms. The molecule has 0 saturated heterocycles. The van der Waals surface area contributed by atoms with Gasteiger partial charge in [-0.1, -0.05) is 36.4 Å². The molecule has 0 unspecified atom stereocenters. The molecule has 2 rings (SSSR count). The smallest absolute Gasteiger partial charge is 0.338 e. The van der Waals surface area contributed by atoms with Crippen LogP contribution in [0.5, 0.6) is 0 Å². The molecule has 0 radical (unpaired) electrons. The fourth-order valence-corrected chi connectivity index (χ4v) is 2.86. The van der Waals surface area contributed by atoms with Crippen LogP contribution < -0.4 is 0 Å². The van der Waals surface area contributed by atoms with Crippen molar-refractivity contribution in [2.45, 2.75) is 4.90 Å². The van der Waals surface area contributed by atoms with Crippen molar-refractivity contribution in [1.82, 2.24) is 4.31 Å². The minimum absolute atomic E-state index is 0.0173. The van der Waals surface area contributed by atoms with E-state index in [1.54, 1.807) is 30.3 Å². The monoisotopic (exact) mass is 347 g/mol. The molecule has 7 heteroatoms. The molecule has 0 aliphatic carbocycles. The van der Waals surface area contributed by atoms with Crippen LogP contribution in [0.3, 0.4) is 0 Å². The number of ether oxygens (including phenoxy) is 1. The van der Waals surface area contributed by atoms with E-state index in [0.29, 0.717) is 5.56 Å². The summed E-state index contributed by atoms with van der Waals surface area (Å²) in [7, 11) is -0.845. The maximum atomic E-state index is 12.1. The average molecular weight is 347 g/mol. The van der Waals surface area contributed by atoms with Gasteiger partial charge in [0.15, 0.2) is 12.4 Å². The quantitative estimate of drug-likeness (QED) is 0.589. The lowest BCUT2D eigenvalue weighted by atomic mass is 10.1. The van der Waals surface area contributed by atoms with Crippen LogP contribution >= 0.6 is 0 Å². The second-order valence-electron chi connectivity index (χ2n) is 5.18. The highest BCUT2D eigenvalue weighted by Gasteiger charge is 2.19. The van der Waals surface area contributed by atoms with Crippen molar-refractivity contribution in [2.24, 2.45) is 0 Å². The Labute approximate surface area is 140 Å². The second kappa shape index (κ2) is 7.37. The summed E-state index contributed by atoms with van der Waals surface area (Å²) in [6.07, 6.45) is 0. The van der Waals surface area contributed by atoms with Gasteiger partial charge in [0.2, 0.25) is 10.0 Å². The SMILES string of the molecule is CN(C)S(=O)(=O)c1cccc(C(=O)OCC(=O)c2ccccc2)c1. The lowest BCUT2D eigenvalue weighted by molar-refractivity contribution is 0.0474. The predicted molar refractivity (Wildman–Crippen MR) is 88.4 cm³/mol. The Morgan fingerprint density at radius 2 is 1.58 bits per heavy atom. The molecule has 0 atom stereocenters. The molecule has 126 valence electrons. The van der Waals surface area contributed by atoms with Crippen molar-refractivity contribution in [3.63, 3.8) is 0 Å². The zero-order chi connectivity index (χ0) is 17.7. The molecular formula is C17H17NO5S. The molecule has 0 aliphatic heterocycles. The van der Waals surface area contributed by atoms with E-state index < -0.39 is 22.6 Å². The molecule has 6 nitrogen and oxygen atoms in total. The number of esters is 1. The predicted octanol–water partition coefficient (Wildman–Crippen LogP) is 1.98. The van der Waals surface area contributed by atoms with E-state index in [4.69, 9.17) is 4.74 Å². The van der Waals surface area contributed by atoms with Crippen LogP contribution in [0, 0.1) is 0 Å². The first-order valence-electron chi connectivity index (χ1n) is 7.10. The molecule has 0 aromatic heterocycles. The van der Waals surface area contributed by atoms with Gasteiger partial charge in [0.25, 0.3) is 0 Å². The molecule has 0 bridgehead atoms. The Kier molecular flexibility index (Phi) is 5.48. The molecule has 0 fully saturated rings. The van der Waals surface area contributed by atoms with Crippen LogP contribution in [0.4, 0.5) is 0 Å². The van der Waals surface area contributed by atoms with Crippen molar-refractivity contribution in [2.75, 3.05) is 20.7 Å². The number of rotatable bonds is 6. The molecule has 2 aromatic carbocycles. The summed E-state index contributed by atoms with van der Waals surface area (Å²) in [5.74, 6) is -1.09. The van der Waals surface area contributed by atoms with Gasteiger partial charge >= 0.3 is 5.97 Å². The van der Waals surface area contributed by atoms with E-state index >= 15 is 0 Å². The van der Waals surface area contributed by atoms with Crippen LogP contribution in [0.25, 0.3) is 0 Å². The summed E-state index contributed by atoms with van der Waals surface area (Å²) in [4.78, 5) is 23.9. The van der Waals surface area contributed by atoms with Crippen molar-refractivity contribution in [1.29, 1.82) is 0 Å². The van der Waals surface area contributed by atoms with Crippen LogP contribution in [0.1, 0.15) is 20.7 Å². The Balaban J connectivity index is 2.10. The van der Waals surface area contributed by atoms with Crippen LogP contribution in [0.2, 0.25) is 0 Å². The fourth-order valence-electron chi connectivity index (χ4n) is 1.92. The Morgan fingerprint density at radius 3 is 2.21 bits per heavy atom. The first-order valence-corrected chi connectivity index (χ1v) is 8.54. The molecule has 0 aliphatic rings. The third-order valence-electron chi connectivity index (χ3n) is 3.28. The van der Waals surface area contributed by atoms with E-state index in [1.165, 1.54) is 38.4 Å². The first kappa shape index (κ1) is 17.8. The molecule has 0 amide bonds. The lowest BCUT2D eigenvalue weighted by Gasteiger charge is -2.12. The second-order valence-corrected chi connectivity index (χ2v) is 7.33. The van der Waals surface area contributed by atoms with Gasteiger partial charge in [0, 0.05) is 19.7 Å². The summed E-state index contributed by atoms with van der Waals surface area (Å²) < 4.78 is 30.2. The van der Waals surface area contributed by atoms with E-state index in [2.05, 4.69) is 0 Å². The maximum Gasteiger partial charge on any atom is 0.338 e. The Bertz CT molecular complexity index is 844. The van der Waals surface area contributed by atoms with Crippen molar-refractivity contribution in [3.05, 3.63) is 65.7 Å². The number of sulfonamides is 1. The van der Waals surface area contributed by atoms with Gasteiger partial charge in [-0.25, -0.2) is 17.5 Å². The van der Waals surface area contributed by atoms with Gasteiger partial charge in [0.1, 0.15) is 0 Å². The number of carbonyl (C=O) groups excluding carboxylic acids is 2. The summed E-state index contributed by atoms with van der Waals surface area (Å²) in [6.45, 7) is -0.409. The standard InChI is InChI=1S/C17H17NO5S/c1-18(2)24(21,22)15-10-6-9-14(11-15)17(20)23-12-16(19)13-7-4-3-5-8-13/h3-11H,12H2,1-2H3. The van der Waals surface area contributed by atoms with Gasteiger partial charge in [-0.3, -0.25) is 4.79 Å². The summed E-state index contributed by atoms with van der Waals surface area (Å²) in [5, 5.41) is 0. The number of nitrogens with zero attached hydrogens (tertiary/aromatic N) is 1. The highest BCUT2D eigenvalue weighted by molar-refractivity contribution is 7.89. The largest absolute Gasteiger partial charge is 0.454 e. The molecule has 2 aromatic rings. The highest BCUT2D eigenvalue weighted by atomic mass is 32.2. The number of benzene rings is 2. The minimum Gasteiger partial charge on any atom is -0.454 e. The summed E-state index contributed by atoms with van der Waals surface area (Å²) in [6, 6.07) is 14.0. The van der Waals surface area contributed by atoms with E-state index in [-0.39, 0.29) is 16.2 Å². The van der Waals surface area contributed by atoms with Gasteiger partial charge in [-0.2, -0.15) is 0 Å². The van der Waals surface area contributed by atoms with E-state index in [0.717, 1.165) is 4.31 Å². The third-order valence-corrected chi connectivity index (χ3v) is 5.09. The summed E-state index contributed by atoms with van der Waals surface area (Å²) >= 11 is 0. The fraction of sp³-hybridized carbons (Fsp3) is 0.176. The molecular weight excluding hydrogens is 330 g/mol. The lowest BCUT2D eigenvalue weighted by Crippen LogP contribution is -2.22. The van der Waals surface area contributed by atoms with Crippen LogP contribution in [-0.4, -0.2) is 45.2 Å². The Hall–Kier alpha value is -2.51.